The summed E-state index contributed by atoms with van der Waals surface area (Å²) in [6, 6.07) is -0.280. The Balaban J connectivity index is 2.60. The van der Waals surface area contributed by atoms with E-state index in [4.69, 9.17) is 0 Å². The van der Waals surface area contributed by atoms with E-state index in [1.54, 1.807) is 11.9 Å². The van der Waals surface area contributed by atoms with E-state index in [1.807, 2.05) is 6.92 Å². The molecule has 0 radical (unpaired) electrons. The summed E-state index contributed by atoms with van der Waals surface area (Å²) >= 11 is 0. The van der Waals surface area contributed by atoms with E-state index >= 15 is 0 Å². The van der Waals surface area contributed by atoms with Crippen molar-refractivity contribution in [3.8, 4) is 0 Å². The molecule has 12 heavy (non-hydrogen) atoms. The lowest BCUT2D eigenvalue weighted by atomic mass is 10.3. The number of hydrogen-bond acceptors (Lipinski definition) is 2. The molecule has 1 heterocycles. The quantitative estimate of drug-likeness (QED) is 0.573. The van der Waals surface area contributed by atoms with Crippen molar-refractivity contribution in [1.82, 2.24) is 9.80 Å². The largest absolute Gasteiger partial charge is 0.322 e. The van der Waals surface area contributed by atoms with Crippen LogP contribution in [0.25, 0.3) is 0 Å². The van der Waals surface area contributed by atoms with Gasteiger partial charge < -0.3 is 14.6 Å². The molecule has 1 rings (SSSR count). The maximum Gasteiger partial charge on any atom is 0.320 e. The van der Waals surface area contributed by atoms with Gasteiger partial charge in [0.15, 0.2) is 0 Å². The van der Waals surface area contributed by atoms with Crippen molar-refractivity contribution in [2.75, 3.05) is 20.1 Å². The Morgan fingerprint density at radius 1 is 1.67 bits per heavy atom. The summed E-state index contributed by atoms with van der Waals surface area (Å²) in [5.41, 5.74) is 0. The van der Waals surface area contributed by atoms with Crippen LogP contribution in [0.3, 0.4) is 0 Å². The van der Waals surface area contributed by atoms with Gasteiger partial charge in [-0.05, 0) is 6.42 Å². The first-order valence-corrected chi connectivity index (χ1v) is 4.17. The fourth-order valence-electron chi connectivity index (χ4n) is 1.38. The average molecular weight is 170 g/mol. The highest BCUT2D eigenvalue weighted by atomic mass is 16.2. The van der Waals surface area contributed by atoms with Crippen molar-refractivity contribution in [2.24, 2.45) is 0 Å². The standard InChI is InChI=1S/C8H14N2O2/c1-3-4-10-5-7(6-11)9(2)8(10)12/h6-7H,3-5H2,1-2H3/t7-/m0/s1. The molecule has 0 aromatic heterocycles. The Kier molecular flexibility index (Phi) is 2.68. The molecule has 0 N–H and O–H groups in total. The molecular formula is C8H14N2O2. The van der Waals surface area contributed by atoms with Crippen molar-refractivity contribution in [1.29, 1.82) is 0 Å². The van der Waals surface area contributed by atoms with Gasteiger partial charge in [-0.2, -0.15) is 0 Å². The zero-order valence-corrected chi connectivity index (χ0v) is 7.49. The topological polar surface area (TPSA) is 40.6 Å². The van der Waals surface area contributed by atoms with Crippen molar-refractivity contribution >= 4 is 12.3 Å². The predicted molar refractivity (Wildman–Crippen MR) is 44.9 cm³/mol. The first kappa shape index (κ1) is 9.03. The molecule has 1 saturated heterocycles. The van der Waals surface area contributed by atoms with Gasteiger partial charge in [0.05, 0.1) is 0 Å². The van der Waals surface area contributed by atoms with Crippen molar-refractivity contribution < 1.29 is 9.59 Å². The minimum absolute atomic E-state index is 0.0334. The highest BCUT2D eigenvalue weighted by Crippen LogP contribution is 2.11. The summed E-state index contributed by atoms with van der Waals surface area (Å²) in [4.78, 5) is 25.0. The number of carbonyl (C=O) groups excluding carboxylic acids is 2. The molecule has 1 fully saturated rings. The van der Waals surface area contributed by atoms with Crippen LogP contribution in [0.1, 0.15) is 13.3 Å². The number of nitrogens with zero attached hydrogens (tertiary/aromatic N) is 2. The smallest absolute Gasteiger partial charge is 0.320 e. The first-order valence-electron chi connectivity index (χ1n) is 4.17. The van der Waals surface area contributed by atoms with Gasteiger partial charge >= 0.3 is 6.03 Å². The minimum atomic E-state index is -0.246. The first-order chi connectivity index (χ1) is 5.70. The molecule has 0 aliphatic carbocycles. The number of likely N-dealkylation sites (N-methyl/N-ethyl adjacent to an activating group) is 1. The second kappa shape index (κ2) is 3.56. The number of amides is 2. The highest BCUT2D eigenvalue weighted by Gasteiger charge is 2.33. The lowest BCUT2D eigenvalue weighted by Crippen LogP contribution is -2.31. The van der Waals surface area contributed by atoms with Gasteiger partial charge in [-0.15, -0.1) is 0 Å². The molecule has 1 atom stereocenters. The molecule has 68 valence electrons. The maximum atomic E-state index is 11.4. The summed E-state index contributed by atoms with van der Waals surface area (Å²) in [7, 11) is 1.66. The molecule has 0 aromatic carbocycles. The van der Waals surface area contributed by atoms with E-state index in [0.29, 0.717) is 6.54 Å². The van der Waals surface area contributed by atoms with Crippen LogP contribution in [-0.4, -0.2) is 48.3 Å². The lowest BCUT2D eigenvalue weighted by Gasteiger charge is -2.13. The van der Waals surface area contributed by atoms with E-state index in [2.05, 4.69) is 0 Å². The molecule has 4 nitrogen and oxygen atoms in total. The van der Waals surface area contributed by atoms with Crippen LogP contribution in [0.5, 0.6) is 0 Å². The van der Waals surface area contributed by atoms with Gasteiger partial charge in [-0.3, -0.25) is 0 Å². The van der Waals surface area contributed by atoms with Crippen LogP contribution >= 0.6 is 0 Å². The number of urea groups is 1. The Hall–Kier alpha value is -1.06. The van der Waals surface area contributed by atoms with Gasteiger partial charge in [-0.25, -0.2) is 4.79 Å². The van der Waals surface area contributed by atoms with Crippen LogP contribution in [-0.2, 0) is 4.79 Å². The highest BCUT2D eigenvalue weighted by molar-refractivity contribution is 5.81. The second-order valence-corrected chi connectivity index (χ2v) is 3.04. The van der Waals surface area contributed by atoms with Crippen molar-refractivity contribution in [2.45, 2.75) is 19.4 Å². The molecular weight excluding hydrogens is 156 g/mol. The summed E-state index contributed by atoms with van der Waals surface area (Å²) in [5.74, 6) is 0. The summed E-state index contributed by atoms with van der Waals surface area (Å²) in [6.07, 6.45) is 1.76. The third-order valence-corrected chi connectivity index (χ3v) is 2.13. The van der Waals surface area contributed by atoms with Crippen molar-refractivity contribution in [3.63, 3.8) is 0 Å². The number of carbonyl (C=O) groups is 2. The summed E-state index contributed by atoms with van der Waals surface area (Å²) < 4.78 is 0. The Morgan fingerprint density at radius 2 is 2.33 bits per heavy atom. The molecule has 1 aliphatic rings. The third-order valence-electron chi connectivity index (χ3n) is 2.13. The molecule has 0 spiro atoms. The zero-order chi connectivity index (χ0) is 9.14. The van der Waals surface area contributed by atoms with Crippen LogP contribution in [0.4, 0.5) is 4.79 Å². The van der Waals surface area contributed by atoms with Crippen LogP contribution in [0.2, 0.25) is 0 Å². The van der Waals surface area contributed by atoms with Crippen LogP contribution < -0.4 is 0 Å². The number of aldehydes is 1. The van der Waals surface area contributed by atoms with Crippen LogP contribution in [0.15, 0.2) is 0 Å². The van der Waals surface area contributed by atoms with Crippen LogP contribution in [0, 0.1) is 0 Å². The van der Waals surface area contributed by atoms with E-state index < -0.39 is 0 Å². The SMILES string of the molecule is CCCN1C[C@@H](C=O)N(C)C1=O. The van der Waals surface area contributed by atoms with E-state index in [9.17, 15) is 9.59 Å². The summed E-state index contributed by atoms with van der Waals surface area (Å²) in [6.45, 7) is 3.31. The molecule has 0 aromatic rings. The van der Waals surface area contributed by atoms with E-state index in [0.717, 1.165) is 19.3 Å². The van der Waals surface area contributed by atoms with Gasteiger partial charge in [-0.1, -0.05) is 6.92 Å². The fraction of sp³-hybridized carbons (Fsp3) is 0.750. The predicted octanol–water partition coefficient (Wildman–Crippen LogP) is 0.331. The molecule has 0 unspecified atom stereocenters. The monoisotopic (exact) mass is 170 g/mol. The molecule has 2 amide bonds. The Bertz CT molecular complexity index is 193. The third kappa shape index (κ3) is 1.42. The molecule has 1 aliphatic heterocycles. The van der Waals surface area contributed by atoms with E-state index in [1.165, 1.54) is 4.90 Å². The lowest BCUT2D eigenvalue weighted by molar-refractivity contribution is -0.110. The Labute approximate surface area is 72.1 Å². The zero-order valence-electron chi connectivity index (χ0n) is 7.49. The van der Waals surface area contributed by atoms with Gasteiger partial charge in [0.25, 0.3) is 0 Å². The van der Waals surface area contributed by atoms with Gasteiger partial charge in [0, 0.05) is 20.1 Å². The van der Waals surface area contributed by atoms with Gasteiger partial charge in [0.1, 0.15) is 12.3 Å². The molecule has 4 heteroatoms. The maximum absolute atomic E-state index is 11.4. The van der Waals surface area contributed by atoms with E-state index in [-0.39, 0.29) is 12.1 Å². The normalized spacial score (nSPS) is 23.5. The molecule has 0 bridgehead atoms. The summed E-state index contributed by atoms with van der Waals surface area (Å²) in [5, 5.41) is 0. The number of hydrogen-bond donors (Lipinski definition) is 0. The second-order valence-electron chi connectivity index (χ2n) is 3.04. The molecule has 0 saturated carbocycles. The Morgan fingerprint density at radius 3 is 2.75 bits per heavy atom. The van der Waals surface area contributed by atoms with Crippen molar-refractivity contribution in [3.05, 3.63) is 0 Å². The van der Waals surface area contributed by atoms with Gasteiger partial charge in [0.2, 0.25) is 0 Å². The minimum Gasteiger partial charge on any atom is -0.322 e. The average Bonchev–Trinajstić information content (AvgIpc) is 2.33. The number of rotatable bonds is 3. The fourth-order valence-corrected chi connectivity index (χ4v) is 1.38.